The summed E-state index contributed by atoms with van der Waals surface area (Å²) in [7, 11) is 0. The van der Waals surface area contributed by atoms with E-state index in [9.17, 15) is 5.11 Å². The van der Waals surface area contributed by atoms with Gasteiger partial charge < -0.3 is 5.11 Å². The van der Waals surface area contributed by atoms with Gasteiger partial charge in [0.05, 0.1) is 12.0 Å². The first-order valence-corrected chi connectivity index (χ1v) is 5.95. The van der Waals surface area contributed by atoms with Crippen LogP contribution in [0.4, 0.5) is 0 Å². The number of hydrogen-bond donors (Lipinski definition) is 1. The van der Waals surface area contributed by atoms with Gasteiger partial charge in [-0.2, -0.15) is 0 Å². The second kappa shape index (κ2) is 3.83. The summed E-state index contributed by atoms with van der Waals surface area (Å²) in [6.45, 7) is 0.0449. The molecule has 2 nitrogen and oxygen atoms in total. The van der Waals surface area contributed by atoms with E-state index < -0.39 is 0 Å². The molecule has 0 aromatic rings. The van der Waals surface area contributed by atoms with Crippen molar-refractivity contribution in [1.82, 2.24) is 0 Å². The molecule has 1 unspecified atom stereocenters. The number of allylic oxidation sites excluding steroid dienone is 7. The molecule has 1 heterocycles. The van der Waals surface area contributed by atoms with E-state index in [0.29, 0.717) is 0 Å². The summed E-state index contributed by atoms with van der Waals surface area (Å²) in [5.41, 5.74) is 3.02. The fourth-order valence-electron chi connectivity index (χ4n) is 2.52. The second-order valence-corrected chi connectivity index (χ2v) is 4.87. The van der Waals surface area contributed by atoms with Crippen LogP contribution in [-0.4, -0.2) is 17.9 Å². The molecule has 17 heavy (non-hydrogen) atoms. The first-order chi connectivity index (χ1) is 8.24. The SMILES string of the molecule is OCC1=CC2=CC(Cl)=CCC23C=NC=CC3=C1. The zero-order chi connectivity index (χ0) is 11.9. The Morgan fingerprint density at radius 2 is 2.18 bits per heavy atom. The minimum absolute atomic E-state index is 0.0449. The minimum Gasteiger partial charge on any atom is -0.392 e. The molecule has 3 rings (SSSR count). The predicted molar refractivity (Wildman–Crippen MR) is 70.0 cm³/mol. The number of aliphatic hydroxyl groups excluding tert-OH is 1. The Labute approximate surface area is 105 Å². The third-order valence-electron chi connectivity index (χ3n) is 3.44. The van der Waals surface area contributed by atoms with Gasteiger partial charge in [0.2, 0.25) is 0 Å². The quantitative estimate of drug-likeness (QED) is 0.757. The summed E-state index contributed by atoms with van der Waals surface area (Å²) in [6, 6.07) is 0. The Balaban J connectivity index is 2.18. The summed E-state index contributed by atoms with van der Waals surface area (Å²) < 4.78 is 0. The first-order valence-electron chi connectivity index (χ1n) is 5.57. The summed E-state index contributed by atoms with van der Waals surface area (Å²) in [6.07, 6.45) is 14.6. The van der Waals surface area contributed by atoms with Gasteiger partial charge in [-0.1, -0.05) is 29.8 Å². The second-order valence-electron chi connectivity index (χ2n) is 4.44. The van der Waals surface area contributed by atoms with Gasteiger partial charge in [0.1, 0.15) is 0 Å². The van der Waals surface area contributed by atoms with Gasteiger partial charge in [-0.15, -0.1) is 0 Å². The summed E-state index contributed by atoms with van der Waals surface area (Å²) in [4.78, 5) is 4.26. The van der Waals surface area contributed by atoms with Gasteiger partial charge in [-0.05, 0) is 35.3 Å². The van der Waals surface area contributed by atoms with Gasteiger partial charge in [-0.25, -0.2) is 0 Å². The van der Waals surface area contributed by atoms with Crippen LogP contribution in [0.5, 0.6) is 0 Å². The van der Waals surface area contributed by atoms with Gasteiger partial charge in [0.25, 0.3) is 0 Å². The van der Waals surface area contributed by atoms with Crippen LogP contribution < -0.4 is 0 Å². The van der Waals surface area contributed by atoms with Crippen molar-refractivity contribution in [2.24, 2.45) is 10.4 Å². The van der Waals surface area contributed by atoms with Gasteiger partial charge in [-0.3, -0.25) is 4.99 Å². The van der Waals surface area contributed by atoms with Crippen LogP contribution in [-0.2, 0) is 0 Å². The molecule has 0 fully saturated rings. The highest BCUT2D eigenvalue weighted by atomic mass is 35.5. The monoisotopic (exact) mass is 245 g/mol. The van der Waals surface area contributed by atoms with E-state index in [4.69, 9.17) is 11.6 Å². The molecule has 1 aliphatic heterocycles. The van der Waals surface area contributed by atoms with E-state index in [2.05, 4.69) is 4.99 Å². The van der Waals surface area contributed by atoms with Crippen LogP contribution >= 0.6 is 11.6 Å². The maximum atomic E-state index is 9.29. The van der Waals surface area contributed by atoms with Crippen molar-refractivity contribution in [2.75, 3.05) is 6.61 Å². The molecule has 2 aliphatic carbocycles. The lowest BCUT2D eigenvalue weighted by Gasteiger charge is -2.38. The molecular formula is C14H12ClNO. The number of rotatable bonds is 1. The van der Waals surface area contributed by atoms with Crippen molar-refractivity contribution >= 4 is 17.8 Å². The Morgan fingerprint density at radius 3 is 3.00 bits per heavy atom. The van der Waals surface area contributed by atoms with Crippen LogP contribution in [0.25, 0.3) is 0 Å². The van der Waals surface area contributed by atoms with E-state index in [1.807, 2.05) is 36.6 Å². The average molecular weight is 246 g/mol. The summed E-state index contributed by atoms with van der Waals surface area (Å²) in [5, 5.41) is 10.0. The molecule has 3 heteroatoms. The number of hydrogen-bond acceptors (Lipinski definition) is 2. The van der Waals surface area contributed by atoms with Crippen LogP contribution in [0.1, 0.15) is 6.42 Å². The molecule has 1 atom stereocenters. The molecule has 1 N–H and O–H groups in total. The Hall–Kier alpha value is -1.38. The van der Waals surface area contributed by atoms with Crippen molar-refractivity contribution in [3.8, 4) is 0 Å². The van der Waals surface area contributed by atoms with E-state index >= 15 is 0 Å². The largest absolute Gasteiger partial charge is 0.392 e. The summed E-state index contributed by atoms with van der Waals surface area (Å²) in [5.74, 6) is 0. The molecule has 1 spiro atoms. The molecule has 0 bridgehead atoms. The fourth-order valence-corrected chi connectivity index (χ4v) is 2.72. The maximum absolute atomic E-state index is 9.29. The zero-order valence-electron chi connectivity index (χ0n) is 9.23. The minimum atomic E-state index is -0.175. The molecule has 0 saturated heterocycles. The highest BCUT2D eigenvalue weighted by Gasteiger charge is 2.38. The van der Waals surface area contributed by atoms with E-state index in [1.165, 1.54) is 5.57 Å². The Kier molecular flexibility index (Phi) is 2.42. The molecular weight excluding hydrogens is 234 g/mol. The highest BCUT2D eigenvalue weighted by Crippen LogP contribution is 2.47. The number of aliphatic imine (C=N–C) groups is 1. The third kappa shape index (κ3) is 1.56. The molecule has 86 valence electrons. The van der Waals surface area contributed by atoms with Crippen LogP contribution in [0.2, 0.25) is 0 Å². The lowest BCUT2D eigenvalue weighted by atomic mass is 9.66. The van der Waals surface area contributed by atoms with E-state index in [0.717, 1.165) is 22.6 Å². The van der Waals surface area contributed by atoms with Crippen LogP contribution in [0.3, 0.4) is 0 Å². The fraction of sp³-hybridized carbons (Fsp3) is 0.214. The molecule has 0 radical (unpaired) electrons. The Morgan fingerprint density at radius 1 is 1.29 bits per heavy atom. The molecule has 0 aromatic carbocycles. The smallest absolute Gasteiger partial charge is 0.0682 e. The zero-order valence-corrected chi connectivity index (χ0v) is 9.98. The van der Waals surface area contributed by atoms with Crippen molar-refractivity contribution < 1.29 is 5.11 Å². The predicted octanol–water partition coefficient (Wildman–Crippen LogP) is 2.88. The van der Waals surface area contributed by atoms with Crippen molar-refractivity contribution in [3.05, 3.63) is 58.3 Å². The van der Waals surface area contributed by atoms with Gasteiger partial charge in [0.15, 0.2) is 0 Å². The van der Waals surface area contributed by atoms with Crippen LogP contribution in [0, 0.1) is 5.41 Å². The molecule has 3 aliphatic rings. The number of aliphatic hydroxyl groups is 1. The van der Waals surface area contributed by atoms with Gasteiger partial charge >= 0.3 is 0 Å². The third-order valence-corrected chi connectivity index (χ3v) is 3.71. The van der Waals surface area contributed by atoms with E-state index in [-0.39, 0.29) is 12.0 Å². The topological polar surface area (TPSA) is 32.6 Å². The first kappa shape index (κ1) is 10.8. The number of halogens is 1. The lowest BCUT2D eigenvalue weighted by molar-refractivity contribution is 0.333. The van der Waals surface area contributed by atoms with Crippen molar-refractivity contribution in [3.63, 3.8) is 0 Å². The van der Waals surface area contributed by atoms with Crippen molar-refractivity contribution in [2.45, 2.75) is 6.42 Å². The van der Waals surface area contributed by atoms with Gasteiger partial charge in [0, 0.05) is 17.4 Å². The standard InChI is InChI=1S/C14H12ClNO/c15-13-1-3-14-9-16-4-2-11(14)5-10(8-17)6-12(14)7-13/h1-2,4-7,9,17H,3,8H2. The lowest BCUT2D eigenvalue weighted by Crippen LogP contribution is -2.31. The molecule has 0 amide bonds. The molecule has 0 saturated carbocycles. The number of nitrogens with zero attached hydrogens (tertiary/aromatic N) is 1. The highest BCUT2D eigenvalue weighted by molar-refractivity contribution is 6.31. The molecule has 0 aromatic heterocycles. The normalized spacial score (nSPS) is 29.8. The maximum Gasteiger partial charge on any atom is 0.0682 e. The Bertz CT molecular complexity index is 549. The van der Waals surface area contributed by atoms with E-state index in [1.54, 1.807) is 6.20 Å². The van der Waals surface area contributed by atoms with Crippen LogP contribution in [0.15, 0.2) is 63.3 Å². The average Bonchev–Trinajstić information content (AvgIpc) is 2.36. The van der Waals surface area contributed by atoms with Crippen molar-refractivity contribution in [1.29, 1.82) is 0 Å². The summed E-state index contributed by atoms with van der Waals surface area (Å²) >= 11 is 6.07.